The van der Waals surface area contributed by atoms with Gasteiger partial charge in [0.15, 0.2) is 9.84 Å². The number of nitrogens with one attached hydrogen (secondary N) is 1. The zero-order valence-corrected chi connectivity index (χ0v) is 13.5. The van der Waals surface area contributed by atoms with Crippen LogP contribution in [0.3, 0.4) is 0 Å². The van der Waals surface area contributed by atoms with Gasteiger partial charge in [0.2, 0.25) is 0 Å². The fourth-order valence-electron chi connectivity index (χ4n) is 1.77. The zero-order chi connectivity index (χ0) is 14.6. The highest BCUT2D eigenvalue weighted by atomic mass is 79.9. The van der Waals surface area contributed by atoms with Crippen LogP contribution < -0.4 is 5.32 Å². The van der Waals surface area contributed by atoms with E-state index >= 15 is 0 Å². The summed E-state index contributed by atoms with van der Waals surface area (Å²) in [6.07, 6.45) is 0. The van der Waals surface area contributed by atoms with Crippen molar-refractivity contribution in [1.82, 2.24) is 5.32 Å². The average Bonchev–Trinajstić information content (AvgIpc) is 2.83. The van der Waals surface area contributed by atoms with Crippen LogP contribution >= 0.6 is 15.9 Å². The number of rotatable bonds is 6. The van der Waals surface area contributed by atoms with Gasteiger partial charge in [0.05, 0.1) is 11.4 Å². The minimum Gasteiger partial charge on any atom is -0.464 e. The molecule has 0 amide bonds. The summed E-state index contributed by atoms with van der Waals surface area (Å²) in [5.74, 6) is 1.07. The van der Waals surface area contributed by atoms with Crippen LogP contribution in [-0.2, 0) is 22.1 Å². The molecule has 0 saturated carbocycles. The van der Waals surface area contributed by atoms with E-state index in [0.717, 1.165) is 16.8 Å². The van der Waals surface area contributed by atoms with Crippen molar-refractivity contribution < 1.29 is 12.8 Å². The van der Waals surface area contributed by atoms with Gasteiger partial charge in [0.25, 0.3) is 0 Å². The molecular formula is C14H16BrNO3S. The number of hydrogen-bond donors (Lipinski definition) is 1. The summed E-state index contributed by atoms with van der Waals surface area (Å²) in [4.78, 5) is 0.288. The number of hydrogen-bond acceptors (Lipinski definition) is 4. The first-order valence-corrected chi connectivity index (χ1v) is 8.72. The Morgan fingerprint density at radius 2 is 1.95 bits per heavy atom. The number of furan rings is 1. The largest absolute Gasteiger partial charge is 0.464 e. The fourth-order valence-corrected chi connectivity index (χ4v) is 3.61. The standard InChI is InChI=1S/C14H16BrNO3S/c1-2-16-9-12-6-7-13(19-12)10-20(17,18)14-5-3-4-11(15)8-14/h3-8,16H,2,9-10H2,1H3. The molecule has 0 saturated heterocycles. The van der Waals surface area contributed by atoms with Crippen LogP contribution in [0, 0.1) is 0 Å². The topological polar surface area (TPSA) is 59.3 Å². The molecule has 6 heteroatoms. The van der Waals surface area contributed by atoms with E-state index in [4.69, 9.17) is 4.42 Å². The molecule has 0 aliphatic carbocycles. The van der Waals surface area contributed by atoms with E-state index < -0.39 is 9.84 Å². The van der Waals surface area contributed by atoms with E-state index in [0.29, 0.717) is 12.3 Å². The Labute approximate surface area is 127 Å². The van der Waals surface area contributed by atoms with Gasteiger partial charge < -0.3 is 9.73 Å². The van der Waals surface area contributed by atoms with Crippen LogP contribution in [0.4, 0.5) is 0 Å². The Bertz CT molecular complexity index is 679. The molecule has 108 valence electrons. The van der Waals surface area contributed by atoms with Crippen molar-refractivity contribution in [3.8, 4) is 0 Å². The highest BCUT2D eigenvalue weighted by Crippen LogP contribution is 2.21. The Morgan fingerprint density at radius 1 is 1.20 bits per heavy atom. The van der Waals surface area contributed by atoms with Gasteiger partial charge in [-0.2, -0.15) is 0 Å². The number of benzene rings is 1. The van der Waals surface area contributed by atoms with Crippen molar-refractivity contribution in [3.63, 3.8) is 0 Å². The summed E-state index contributed by atoms with van der Waals surface area (Å²) in [5.41, 5.74) is 0. The summed E-state index contributed by atoms with van der Waals surface area (Å²) < 4.78 is 30.8. The Kier molecular flexibility index (Phi) is 5.01. The molecule has 0 bridgehead atoms. The van der Waals surface area contributed by atoms with Crippen LogP contribution in [0.1, 0.15) is 18.4 Å². The van der Waals surface area contributed by atoms with E-state index in [-0.39, 0.29) is 10.6 Å². The Hall–Kier alpha value is -1.11. The molecule has 0 unspecified atom stereocenters. The van der Waals surface area contributed by atoms with Gasteiger partial charge in [-0.3, -0.25) is 0 Å². The molecule has 0 radical (unpaired) electrons. The zero-order valence-electron chi connectivity index (χ0n) is 11.1. The lowest BCUT2D eigenvalue weighted by Gasteiger charge is -2.03. The van der Waals surface area contributed by atoms with Crippen LogP contribution in [-0.4, -0.2) is 15.0 Å². The van der Waals surface area contributed by atoms with Crippen molar-refractivity contribution in [3.05, 3.63) is 52.4 Å². The molecule has 1 aromatic heterocycles. The van der Waals surface area contributed by atoms with E-state index in [1.807, 2.05) is 6.92 Å². The Balaban J connectivity index is 2.14. The van der Waals surface area contributed by atoms with Gasteiger partial charge in [-0.15, -0.1) is 0 Å². The van der Waals surface area contributed by atoms with Crippen LogP contribution in [0.5, 0.6) is 0 Å². The van der Waals surface area contributed by atoms with Crippen molar-refractivity contribution in [2.45, 2.75) is 24.1 Å². The van der Waals surface area contributed by atoms with Crippen LogP contribution in [0.25, 0.3) is 0 Å². The Morgan fingerprint density at radius 3 is 2.65 bits per heavy atom. The second-order valence-corrected chi connectivity index (χ2v) is 7.27. The molecule has 0 spiro atoms. The van der Waals surface area contributed by atoms with Crippen molar-refractivity contribution >= 4 is 25.8 Å². The van der Waals surface area contributed by atoms with Gasteiger partial charge >= 0.3 is 0 Å². The third kappa shape index (κ3) is 3.94. The summed E-state index contributed by atoms with van der Waals surface area (Å²) in [6, 6.07) is 10.2. The molecule has 0 atom stereocenters. The smallest absolute Gasteiger partial charge is 0.185 e. The highest BCUT2D eigenvalue weighted by molar-refractivity contribution is 9.10. The summed E-state index contributed by atoms with van der Waals surface area (Å²) in [6.45, 7) is 3.45. The minimum absolute atomic E-state index is 0.129. The molecule has 1 heterocycles. The fraction of sp³-hybridized carbons (Fsp3) is 0.286. The first-order chi connectivity index (χ1) is 9.51. The van der Waals surface area contributed by atoms with Gasteiger partial charge in [-0.1, -0.05) is 28.9 Å². The number of sulfone groups is 1. The second kappa shape index (κ2) is 6.56. The maximum atomic E-state index is 12.3. The minimum atomic E-state index is -3.39. The second-order valence-electron chi connectivity index (χ2n) is 4.36. The predicted octanol–water partition coefficient (Wildman–Crippen LogP) is 3.13. The lowest BCUT2D eigenvalue weighted by atomic mass is 10.4. The maximum Gasteiger partial charge on any atom is 0.185 e. The van der Waals surface area contributed by atoms with Gasteiger partial charge in [-0.25, -0.2) is 8.42 Å². The van der Waals surface area contributed by atoms with E-state index in [2.05, 4.69) is 21.2 Å². The molecule has 1 aromatic carbocycles. The van der Waals surface area contributed by atoms with Crippen LogP contribution in [0.2, 0.25) is 0 Å². The first kappa shape index (κ1) is 15.3. The van der Waals surface area contributed by atoms with E-state index in [1.54, 1.807) is 36.4 Å². The lowest BCUT2D eigenvalue weighted by molar-refractivity contribution is 0.459. The van der Waals surface area contributed by atoms with Crippen LogP contribution in [0.15, 0.2) is 50.2 Å². The third-order valence-corrected chi connectivity index (χ3v) is 4.88. The lowest BCUT2D eigenvalue weighted by Crippen LogP contribution is -2.10. The van der Waals surface area contributed by atoms with Gasteiger partial charge in [-0.05, 0) is 36.9 Å². The van der Waals surface area contributed by atoms with E-state index in [9.17, 15) is 8.42 Å². The molecule has 0 aliphatic rings. The predicted molar refractivity (Wildman–Crippen MR) is 81.1 cm³/mol. The van der Waals surface area contributed by atoms with E-state index in [1.165, 1.54) is 0 Å². The molecule has 4 nitrogen and oxygen atoms in total. The monoisotopic (exact) mass is 357 g/mol. The average molecular weight is 358 g/mol. The van der Waals surface area contributed by atoms with Crippen molar-refractivity contribution in [2.75, 3.05) is 6.54 Å². The summed E-state index contributed by atoms with van der Waals surface area (Å²) in [7, 11) is -3.39. The molecule has 2 aromatic rings. The van der Waals surface area contributed by atoms with Crippen molar-refractivity contribution in [2.24, 2.45) is 0 Å². The van der Waals surface area contributed by atoms with Gasteiger partial charge in [0.1, 0.15) is 17.3 Å². The molecular weight excluding hydrogens is 342 g/mol. The highest BCUT2D eigenvalue weighted by Gasteiger charge is 2.17. The molecule has 2 rings (SSSR count). The summed E-state index contributed by atoms with van der Waals surface area (Å²) in [5, 5.41) is 3.13. The SMILES string of the molecule is CCNCc1ccc(CS(=O)(=O)c2cccc(Br)c2)o1. The normalized spacial score (nSPS) is 11.7. The third-order valence-electron chi connectivity index (χ3n) is 2.75. The molecule has 0 aliphatic heterocycles. The molecule has 20 heavy (non-hydrogen) atoms. The van der Waals surface area contributed by atoms with Gasteiger partial charge in [0, 0.05) is 4.47 Å². The molecule has 0 fully saturated rings. The molecule has 1 N–H and O–H groups in total. The maximum absolute atomic E-state index is 12.3. The first-order valence-electron chi connectivity index (χ1n) is 6.28. The van der Waals surface area contributed by atoms with Crippen molar-refractivity contribution in [1.29, 1.82) is 0 Å². The summed E-state index contributed by atoms with van der Waals surface area (Å²) >= 11 is 3.28. The number of halogens is 1. The quantitative estimate of drug-likeness (QED) is 0.862.